The molecule has 0 spiro atoms. The molecule has 0 saturated carbocycles. The predicted molar refractivity (Wildman–Crippen MR) is 68.4 cm³/mol. The first-order valence-corrected chi connectivity index (χ1v) is 7.01. The minimum absolute atomic E-state index is 0.179. The number of nitro groups is 1. The molecule has 0 saturated heterocycles. The fourth-order valence-corrected chi connectivity index (χ4v) is 2.75. The second-order valence-electron chi connectivity index (χ2n) is 3.88. The van der Waals surface area contributed by atoms with Crippen LogP contribution >= 0.6 is 0 Å². The fraction of sp³-hybridized carbons (Fsp3) is 0.0833. The van der Waals surface area contributed by atoms with Gasteiger partial charge in [0, 0.05) is 23.9 Å². The van der Waals surface area contributed by atoms with Crippen LogP contribution < -0.4 is 0 Å². The maximum absolute atomic E-state index is 14.1. The summed E-state index contributed by atoms with van der Waals surface area (Å²) in [7, 11) is -4.27. The molecule has 0 amide bonds. The molecule has 1 unspecified atom stereocenters. The third-order valence-electron chi connectivity index (χ3n) is 2.57. The highest BCUT2D eigenvalue weighted by Crippen LogP contribution is 2.29. The van der Waals surface area contributed by atoms with E-state index >= 15 is 0 Å². The zero-order chi connectivity index (χ0) is 14.8. The first-order valence-electron chi connectivity index (χ1n) is 5.46. The monoisotopic (exact) mass is 296 g/mol. The van der Waals surface area contributed by atoms with Gasteiger partial charge >= 0.3 is 0 Å². The number of nitrogens with zero attached hydrogens (tertiary/aromatic N) is 2. The third-order valence-corrected chi connectivity index (χ3v) is 4.21. The molecule has 6 nitrogen and oxygen atoms in total. The molecule has 20 heavy (non-hydrogen) atoms. The molecule has 2 rings (SSSR count). The Balaban J connectivity index is 2.36. The molecule has 104 valence electrons. The first kappa shape index (κ1) is 14.1. The van der Waals surface area contributed by atoms with Crippen molar-refractivity contribution < 1.29 is 17.7 Å². The van der Waals surface area contributed by atoms with Crippen LogP contribution in [0, 0.1) is 10.1 Å². The average Bonchev–Trinajstić information content (AvgIpc) is 2.47. The lowest BCUT2D eigenvalue weighted by Gasteiger charge is -2.09. The van der Waals surface area contributed by atoms with Crippen LogP contribution in [-0.2, 0) is 9.84 Å². The zero-order valence-corrected chi connectivity index (χ0v) is 10.8. The number of sulfone groups is 1. The smallest absolute Gasteiger partial charge is 0.258 e. The van der Waals surface area contributed by atoms with Gasteiger partial charge in [0.1, 0.15) is 0 Å². The quantitative estimate of drug-likeness (QED) is 0.638. The molecule has 0 bridgehead atoms. The van der Waals surface area contributed by atoms with E-state index in [2.05, 4.69) is 4.98 Å². The van der Waals surface area contributed by atoms with Gasteiger partial charge in [-0.3, -0.25) is 10.1 Å². The number of rotatable bonds is 4. The maximum Gasteiger partial charge on any atom is 0.269 e. The van der Waals surface area contributed by atoms with Crippen molar-refractivity contribution >= 4 is 15.5 Å². The Morgan fingerprint density at radius 2 is 1.80 bits per heavy atom. The Bertz CT molecular complexity index is 717. The van der Waals surface area contributed by atoms with Crippen molar-refractivity contribution in [1.29, 1.82) is 0 Å². The molecule has 2 aromatic rings. The van der Waals surface area contributed by atoms with Crippen LogP contribution in [0.5, 0.6) is 0 Å². The number of pyridine rings is 1. The normalized spacial score (nSPS) is 12.8. The first-order chi connectivity index (χ1) is 9.43. The van der Waals surface area contributed by atoms with Gasteiger partial charge in [-0.25, -0.2) is 17.8 Å². The summed E-state index contributed by atoms with van der Waals surface area (Å²) >= 11 is 0. The number of hydrogen-bond donors (Lipinski definition) is 0. The summed E-state index contributed by atoms with van der Waals surface area (Å²) < 4.78 is 38.1. The van der Waals surface area contributed by atoms with Crippen LogP contribution in [0.1, 0.15) is 11.1 Å². The van der Waals surface area contributed by atoms with Gasteiger partial charge in [-0.2, -0.15) is 0 Å². The Kier molecular flexibility index (Phi) is 3.75. The second kappa shape index (κ2) is 5.33. The topological polar surface area (TPSA) is 90.2 Å². The third kappa shape index (κ3) is 2.64. The largest absolute Gasteiger partial charge is 0.269 e. The van der Waals surface area contributed by atoms with Gasteiger partial charge in [-0.15, -0.1) is 0 Å². The van der Waals surface area contributed by atoms with Gasteiger partial charge < -0.3 is 0 Å². The van der Waals surface area contributed by atoms with Crippen molar-refractivity contribution in [3.8, 4) is 0 Å². The highest BCUT2D eigenvalue weighted by Gasteiger charge is 2.30. The van der Waals surface area contributed by atoms with Crippen LogP contribution in [0.3, 0.4) is 0 Å². The minimum atomic E-state index is -4.27. The van der Waals surface area contributed by atoms with E-state index in [0.29, 0.717) is 0 Å². The van der Waals surface area contributed by atoms with Gasteiger partial charge in [-0.05, 0) is 24.3 Å². The lowest BCUT2D eigenvalue weighted by atomic mass is 10.2. The second-order valence-corrected chi connectivity index (χ2v) is 5.80. The van der Waals surface area contributed by atoms with Crippen molar-refractivity contribution in [2.45, 2.75) is 10.5 Å². The van der Waals surface area contributed by atoms with Crippen molar-refractivity contribution in [2.75, 3.05) is 0 Å². The predicted octanol–water partition coefficient (Wildman–Crippen LogP) is 2.43. The fourth-order valence-electron chi connectivity index (χ4n) is 1.55. The van der Waals surface area contributed by atoms with Crippen molar-refractivity contribution in [3.63, 3.8) is 0 Å². The summed E-state index contributed by atoms with van der Waals surface area (Å²) in [6.07, 6.45) is 1.25. The molecular formula is C12H9FN2O4S. The molecule has 0 aliphatic heterocycles. The van der Waals surface area contributed by atoms with Crippen LogP contribution in [0.2, 0.25) is 0 Å². The van der Waals surface area contributed by atoms with Gasteiger partial charge in [0.05, 0.1) is 4.92 Å². The average molecular weight is 296 g/mol. The van der Waals surface area contributed by atoms with E-state index < -0.39 is 20.3 Å². The number of halogens is 1. The molecular weight excluding hydrogens is 287 g/mol. The molecule has 0 aliphatic carbocycles. The van der Waals surface area contributed by atoms with E-state index in [-0.39, 0.29) is 16.3 Å². The lowest BCUT2D eigenvalue weighted by Crippen LogP contribution is -2.11. The summed E-state index contributed by atoms with van der Waals surface area (Å²) in [5, 5.41) is 10.1. The molecule has 0 aliphatic rings. The van der Waals surface area contributed by atoms with Gasteiger partial charge in [0.2, 0.25) is 15.3 Å². The summed E-state index contributed by atoms with van der Waals surface area (Å²) in [6.45, 7) is 0. The number of hydrogen-bond acceptors (Lipinski definition) is 5. The number of nitro benzene ring substituents is 1. The zero-order valence-electron chi connectivity index (χ0n) is 10.0. The van der Waals surface area contributed by atoms with Crippen molar-refractivity contribution in [2.24, 2.45) is 0 Å². The number of alkyl halides is 1. The maximum atomic E-state index is 14.1. The van der Waals surface area contributed by atoms with Crippen LogP contribution in [-0.4, -0.2) is 18.3 Å². The van der Waals surface area contributed by atoms with Crippen molar-refractivity contribution in [1.82, 2.24) is 4.98 Å². The lowest BCUT2D eigenvalue weighted by molar-refractivity contribution is -0.384. The highest BCUT2D eigenvalue weighted by atomic mass is 32.2. The molecule has 1 atom stereocenters. The highest BCUT2D eigenvalue weighted by molar-refractivity contribution is 7.91. The summed E-state index contributed by atoms with van der Waals surface area (Å²) in [6, 6.07) is 8.38. The summed E-state index contributed by atoms with van der Waals surface area (Å²) in [5.74, 6) is 0. The van der Waals surface area contributed by atoms with Crippen molar-refractivity contribution in [3.05, 3.63) is 64.3 Å². The molecule has 1 heterocycles. The summed E-state index contributed by atoms with van der Waals surface area (Å²) in [4.78, 5) is 13.4. The molecule has 0 fully saturated rings. The molecule has 0 N–H and O–H groups in total. The minimum Gasteiger partial charge on any atom is -0.258 e. The van der Waals surface area contributed by atoms with Gasteiger partial charge in [0.15, 0.2) is 5.03 Å². The van der Waals surface area contributed by atoms with Crippen LogP contribution in [0.25, 0.3) is 0 Å². The van der Waals surface area contributed by atoms with E-state index in [0.717, 1.165) is 24.3 Å². The molecule has 8 heteroatoms. The molecule has 1 aromatic carbocycles. The standard InChI is InChI=1S/C12H9FN2O4S/c13-12(9-4-6-10(7-5-9)15(16)17)20(18,19)11-3-1-2-8-14-11/h1-8,12H. The number of benzene rings is 1. The molecule has 1 aromatic heterocycles. The van der Waals surface area contributed by atoms with E-state index in [1.54, 1.807) is 0 Å². The number of aromatic nitrogens is 1. The Labute approximate surface area is 114 Å². The number of non-ortho nitro benzene ring substituents is 1. The van der Waals surface area contributed by atoms with Gasteiger partial charge in [-0.1, -0.05) is 6.07 Å². The molecule has 0 radical (unpaired) electrons. The summed E-state index contributed by atoms with van der Waals surface area (Å²) in [5.41, 5.74) is -2.74. The Hall–Kier alpha value is -2.35. The van der Waals surface area contributed by atoms with E-state index in [1.807, 2.05) is 0 Å². The van der Waals surface area contributed by atoms with Gasteiger partial charge in [0.25, 0.3) is 5.69 Å². The van der Waals surface area contributed by atoms with Crippen LogP contribution in [0.4, 0.5) is 10.1 Å². The van der Waals surface area contributed by atoms with E-state index in [4.69, 9.17) is 0 Å². The van der Waals surface area contributed by atoms with Crippen LogP contribution in [0.15, 0.2) is 53.7 Å². The Morgan fingerprint density at radius 1 is 1.15 bits per heavy atom. The van der Waals surface area contributed by atoms with E-state index in [9.17, 15) is 22.9 Å². The SMILES string of the molecule is O=[N+]([O-])c1ccc(C(F)S(=O)(=O)c2ccccn2)cc1. The van der Waals surface area contributed by atoms with E-state index in [1.165, 1.54) is 24.4 Å². The Morgan fingerprint density at radius 3 is 2.30 bits per heavy atom.